The number of benzene rings is 2. The maximum atomic E-state index is 6.72. The Morgan fingerprint density at radius 1 is 0.900 bits per heavy atom. The lowest BCUT2D eigenvalue weighted by molar-refractivity contribution is 0.00209. The zero-order valence-electron chi connectivity index (χ0n) is 11.0. The summed E-state index contributed by atoms with van der Waals surface area (Å²) in [7, 11) is 1.72. The third kappa shape index (κ3) is 1.29. The smallest absolute Gasteiger partial charge is 0.136 e. The van der Waals surface area contributed by atoms with Gasteiger partial charge in [0.1, 0.15) is 5.60 Å². The molecule has 0 N–H and O–H groups in total. The topological polar surface area (TPSA) is 9.23 Å². The second-order valence-corrected chi connectivity index (χ2v) is 6.41. The van der Waals surface area contributed by atoms with Gasteiger partial charge in [0.05, 0.1) is 10.8 Å². The molecular formula is C17H14Cl2O. The van der Waals surface area contributed by atoms with E-state index in [-0.39, 0.29) is 16.7 Å². The number of rotatable bonds is 1. The number of ether oxygens (including phenoxy) is 1. The van der Waals surface area contributed by atoms with Crippen molar-refractivity contribution in [1.29, 1.82) is 0 Å². The number of halogens is 2. The number of methoxy groups -OCH3 is 1. The van der Waals surface area contributed by atoms with Crippen LogP contribution in [0.15, 0.2) is 48.5 Å². The van der Waals surface area contributed by atoms with Crippen LogP contribution in [0.25, 0.3) is 0 Å². The molecule has 3 aliphatic rings. The molecular weight excluding hydrogens is 291 g/mol. The van der Waals surface area contributed by atoms with Crippen LogP contribution in [0, 0.1) is 0 Å². The molecule has 0 heterocycles. The quantitative estimate of drug-likeness (QED) is 0.716. The van der Waals surface area contributed by atoms with Crippen molar-refractivity contribution >= 4 is 23.2 Å². The van der Waals surface area contributed by atoms with Crippen molar-refractivity contribution in [1.82, 2.24) is 0 Å². The molecule has 0 saturated heterocycles. The number of hydrogen-bond donors (Lipinski definition) is 0. The van der Waals surface area contributed by atoms with Gasteiger partial charge in [-0.2, -0.15) is 0 Å². The fourth-order valence-corrected chi connectivity index (χ4v) is 4.81. The molecule has 5 rings (SSSR count). The monoisotopic (exact) mass is 304 g/mol. The largest absolute Gasteiger partial charge is 0.367 e. The van der Waals surface area contributed by atoms with Gasteiger partial charge in [0.15, 0.2) is 0 Å². The Kier molecular flexibility index (Phi) is 2.69. The molecule has 2 unspecified atom stereocenters. The van der Waals surface area contributed by atoms with E-state index in [0.717, 1.165) is 11.1 Å². The van der Waals surface area contributed by atoms with E-state index in [1.165, 1.54) is 11.1 Å². The maximum Gasteiger partial charge on any atom is 0.136 e. The van der Waals surface area contributed by atoms with Crippen LogP contribution in [0.2, 0.25) is 0 Å². The summed E-state index contributed by atoms with van der Waals surface area (Å²) in [5.41, 5.74) is 4.15. The van der Waals surface area contributed by atoms with Gasteiger partial charge in [-0.05, 0) is 22.3 Å². The van der Waals surface area contributed by atoms with Gasteiger partial charge in [0, 0.05) is 13.0 Å². The molecule has 2 atom stereocenters. The van der Waals surface area contributed by atoms with E-state index in [1.807, 2.05) is 12.1 Å². The predicted molar refractivity (Wildman–Crippen MR) is 81.8 cm³/mol. The summed E-state index contributed by atoms with van der Waals surface area (Å²) < 4.78 is 5.99. The third-order valence-electron chi connectivity index (χ3n) is 4.70. The molecule has 20 heavy (non-hydrogen) atoms. The number of hydrogen-bond acceptors (Lipinski definition) is 1. The van der Waals surface area contributed by atoms with Crippen LogP contribution in [-0.2, 0) is 10.3 Å². The zero-order valence-corrected chi connectivity index (χ0v) is 12.5. The minimum absolute atomic E-state index is 0.142. The fraction of sp³-hybridized carbons (Fsp3) is 0.294. The van der Waals surface area contributed by atoms with Gasteiger partial charge < -0.3 is 4.74 Å². The van der Waals surface area contributed by atoms with E-state index in [2.05, 4.69) is 36.4 Å². The van der Waals surface area contributed by atoms with E-state index < -0.39 is 5.60 Å². The van der Waals surface area contributed by atoms with Gasteiger partial charge in [-0.15, -0.1) is 23.2 Å². The lowest BCUT2D eigenvalue weighted by Gasteiger charge is -2.53. The van der Waals surface area contributed by atoms with Crippen LogP contribution in [0.3, 0.4) is 0 Å². The van der Waals surface area contributed by atoms with Gasteiger partial charge in [-0.3, -0.25) is 0 Å². The second-order valence-electron chi connectivity index (χ2n) is 5.44. The first kappa shape index (κ1) is 12.7. The van der Waals surface area contributed by atoms with Crippen molar-refractivity contribution in [3.05, 3.63) is 70.8 Å². The Labute approximate surface area is 128 Å². The first-order valence-electron chi connectivity index (χ1n) is 6.74. The summed E-state index contributed by atoms with van der Waals surface area (Å²) in [6, 6.07) is 16.7. The molecule has 2 aromatic carbocycles. The van der Waals surface area contributed by atoms with Gasteiger partial charge in [-0.25, -0.2) is 0 Å². The summed E-state index contributed by atoms with van der Waals surface area (Å²) in [6.45, 7) is 0. The van der Waals surface area contributed by atoms with Crippen molar-refractivity contribution in [3.63, 3.8) is 0 Å². The summed E-state index contributed by atoms with van der Waals surface area (Å²) in [5, 5.41) is -0.439. The maximum absolute atomic E-state index is 6.72. The lowest BCUT2D eigenvalue weighted by atomic mass is 9.60. The molecule has 0 spiro atoms. The van der Waals surface area contributed by atoms with Crippen LogP contribution in [0.1, 0.15) is 28.2 Å². The Hall–Kier alpha value is -1.02. The van der Waals surface area contributed by atoms with Crippen molar-refractivity contribution < 1.29 is 4.74 Å². The molecule has 3 aliphatic carbocycles. The van der Waals surface area contributed by atoms with Gasteiger partial charge in [-0.1, -0.05) is 48.5 Å². The molecule has 0 fully saturated rings. The highest BCUT2D eigenvalue weighted by Crippen LogP contribution is 2.59. The van der Waals surface area contributed by atoms with Gasteiger partial charge in [0.25, 0.3) is 0 Å². The van der Waals surface area contributed by atoms with E-state index in [9.17, 15) is 0 Å². The molecule has 2 bridgehead atoms. The summed E-state index contributed by atoms with van der Waals surface area (Å²) in [6.07, 6.45) is 0. The standard InChI is InChI=1S/C17H14Cl2O/c1-20-17-12-8-4-2-6-10(12)14(15(18)16(17)19)11-7-3-5-9-13(11)17/h2-9,14-16H,1H3. The molecule has 102 valence electrons. The average Bonchev–Trinajstić information content (AvgIpc) is 2.50. The first-order chi connectivity index (χ1) is 9.71. The fourth-order valence-electron chi connectivity index (χ4n) is 3.89. The second kappa shape index (κ2) is 4.24. The van der Waals surface area contributed by atoms with Crippen LogP contribution in [0.5, 0.6) is 0 Å². The lowest BCUT2D eigenvalue weighted by Crippen LogP contribution is -2.55. The Morgan fingerprint density at radius 2 is 1.40 bits per heavy atom. The molecule has 0 saturated carbocycles. The molecule has 0 aromatic heterocycles. The Morgan fingerprint density at radius 3 is 1.90 bits per heavy atom. The SMILES string of the molecule is COC12c3ccccc3C(c3ccccc31)C(Cl)C2Cl. The highest BCUT2D eigenvalue weighted by Gasteiger charge is 2.58. The minimum Gasteiger partial charge on any atom is -0.367 e. The van der Waals surface area contributed by atoms with Crippen LogP contribution < -0.4 is 0 Å². The summed E-state index contributed by atoms with van der Waals surface area (Å²) in [5.74, 6) is 0.142. The van der Waals surface area contributed by atoms with E-state index in [0.29, 0.717) is 0 Å². The Bertz CT molecular complexity index is 635. The van der Waals surface area contributed by atoms with Crippen LogP contribution in [-0.4, -0.2) is 17.9 Å². The molecule has 3 heteroatoms. The van der Waals surface area contributed by atoms with E-state index >= 15 is 0 Å². The normalized spacial score (nSPS) is 33.6. The minimum atomic E-state index is -0.643. The van der Waals surface area contributed by atoms with Gasteiger partial charge >= 0.3 is 0 Å². The van der Waals surface area contributed by atoms with E-state index in [1.54, 1.807) is 7.11 Å². The van der Waals surface area contributed by atoms with Crippen LogP contribution >= 0.6 is 23.2 Å². The predicted octanol–water partition coefficient (Wildman–Crippen LogP) is 4.25. The molecule has 2 aromatic rings. The van der Waals surface area contributed by atoms with Crippen molar-refractivity contribution in [3.8, 4) is 0 Å². The molecule has 0 amide bonds. The average molecular weight is 305 g/mol. The number of fused-ring (bicyclic) bond motifs is 1. The molecule has 0 radical (unpaired) electrons. The zero-order chi connectivity index (χ0) is 13.9. The molecule has 0 aliphatic heterocycles. The summed E-state index contributed by atoms with van der Waals surface area (Å²) >= 11 is 13.4. The van der Waals surface area contributed by atoms with E-state index in [4.69, 9.17) is 27.9 Å². The Balaban J connectivity index is 2.14. The van der Waals surface area contributed by atoms with Crippen molar-refractivity contribution in [2.24, 2.45) is 0 Å². The summed E-state index contributed by atoms with van der Waals surface area (Å²) in [4.78, 5) is 0. The third-order valence-corrected chi connectivity index (χ3v) is 5.91. The number of alkyl halides is 2. The van der Waals surface area contributed by atoms with Crippen LogP contribution in [0.4, 0.5) is 0 Å². The first-order valence-corrected chi connectivity index (χ1v) is 7.61. The van der Waals surface area contributed by atoms with Gasteiger partial charge in [0.2, 0.25) is 0 Å². The van der Waals surface area contributed by atoms with Crippen molar-refractivity contribution in [2.45, 2.75) is 22.3 Å². The highest BCUT2D eigenvalue weighted by atomic mass is 35.5. The van der Waals surface area contributed by atoms with Crippen molar-refractivity contribution in [2.75, 3.05) is 7.11 Å². The molecule has 1 nitrogen and oxygen atoms in total. The highest BCUT2D eigenvalue weighted by molar-refractivity contribution is 6.32.